The Morgan fingerprint density at radius 1 is 1.24 bits per heavy atom. The summed E-state index contributed by atoms with van der Waals surface area (Å²) in [5.74, 6) is 1.13. The molecule has 0 radical (unpaired) electrons. The summed E-state index contributed by atoms with van der Waals surface area (Å²) < 4.78 is 13.6. The third kappa shape index (κ3) is 6.63. The van der Waals surface area contributed by atoms with Crippen LogP contribution >= 0.6 is 0 Å². The molecule has 1 fully saturated rings. The van der Waals surface area contributed by atoms with Crippen LogP contribution in [0, 0.1) is 18.7 Å². The van der Waals surface area contributed by atoms with E-state index in [1.807, 2.05) is 6.07 Å². The first-order valence-electron chi connectivity index (χ1n) is 9.08. The van der Waals surface area contributed by atoms with Crippen molar-refractivity contribution in [2.75, 3.05) is 53.4 Å². The third-order valence-corrected chi connectivity index (χ3v) is 4.70. The SMILES string of the molecule is CN=C(NCc1ccc(C)c(F)c1)NCC(C)CN1CCN(C)CC1. The zero-order chi connectivity index (χ0) is 18.2. The average Bonchev–Trinajstić information content (AvgIpc) is 2.60. The number of halogens is 1. The second-order valence-electron chi connectivity index (χ2n) is 7.10. The smallest absolute Gasteiger partial charge is 0.191 e. The van der Waals surface area contributed by atoms with Gasteiger partial charge in [-0.2, -0.15) is 0 Å². The van der Waals surface area contributed by atoms with Gasteiger partial charge in [0.25, 0.3) is 0 Å². The monoisotopic (exact) mass is 349 g/mol. The fourth-order valence-electron chi connectivity index (χ4n) is 2.96. The summed E-state index contributed by atoms with van der Waals surface area (Å²) in [6.45, 7) is 11.1. The van der Waals surface area contributed by atoms with Gasteiger partial charge in [0.15, 0.2) is 5.96 Å². The van der Waals surface area contributed by atoms with E-state index in [1.165, 1.54) is 0 Å². The normalized spacial score (nSPS) is 18.2. The first-order valence-corrected chi connectivity index (χ1v) is 9.08. The van der Waals surface area contributed by atoms with Gasteiger partial charge in [-0.3, -0.25) is 4.99 Å². The number of hydrogen-bond acceptors (Lipinski definition) is 3. The zero-order valence-electron chi connectivity index (χ0n) is 16.0. The molecule has 0 amide bonds. The van der Waals surface area contributed by atoms with E-state index in [9.17, 15) is 4.39 Å². The Morgan fingerprint density at radius 3 is 2.60 bits per heavy atom. The van der Waals surface area contributed by atoms with E-state index in [1.54, 1.807) is 26.1 Å². The van der Waals surface area contributed by atoms with Gasteiger partial charge >= 0.3 is 0 Å². The Kier molecular flexibility index (Phi) is 7.65. The lowest BCUT2D eigenvalue weighted by molar-refractivity contribution is 0.139. The van der Waals surface area contributed by atoms with Crippen molar-refractivity contribution in [3.8, 4) is 0 Å². The highest BCUT2D eigenvalue weighted by Gasteiger charge is 2.16. The fraction of sp³-hybridized carbons (Fsp3) is 0.632. The molecule has 6 heteroatoms. The Morgan fingerprint density at radius 2 is 1.96 bits per heavy atom. The van der Waals surface area contributed by atoms with Crippen LogP contribution in [0.25, 0.3) is 0 Å². The number of aliphatic imine (C=N–C) groups is 1. The molecule has 0 aromatic heterocycles. The van der Waals surface area contributed by atoms with Crippen LogP contribution in [0.1, 0.15) is 18.1 Å². The predicted octanol–water partition coefficient (Wildman–Crippen LogP) is 1.68. The lowest BCUT2D eigenvalue weighted by atomic mass is 10.1. The molecule has 0 bridgehead atoms. The Balaban J connectivity index is 1.71. The summed E-state index contributed by atoms with van der Waals surface area (Å²) >= 11 is 0. The van der Waals surface area contributed by atoms with Crippen LogP contribution in [0.3, 0.4) is 0 Å². The molecule has 25 heavy (non-hydrogen) atoms. The summed E-state index contributed by atoms with van der Waals surface area (Å²) in [7, 11) is 3.94. The predicted molar refractivity (Wildman–Crippen MR) is 102 cm³/mol. The minimum atomic E-state index is -0.164. The Labute approximate surface area is 151 Å². The Hall–Kier alpha value is -1.66. The van der Waals surface area contributed by atoms with Gasteiger partial charge < -0.3 is 20.4 Å². The molecular weight excluding hydrogens is 317 g/mol. The van der Waals surface area contributed by atoms with Crippen molar-refractivity contribution in [2.45, 2.75) is 20.4 Å². The molecule has 1 aromatic rings. The van der Waals surface area contributed by atoms with Crippen LogP contribution < -0.4 is 10.6 Å². The molecule has 1 unspecified atom stereocenters. The first-order chi connectivity index (χ1) is 12.0. The van der Waals surface area contributed by atoms with Crippen LogP contribution in [0.5, 0.6) is 0 Å². The highest BCUT2D eigenvalue weighted by Crippen LogP contribution is 2.09. The zero-order valence-corrected chi connectivity index (χ0v) is 16.0. The van der Waals surface area contributed by atoms with Crippen LogP contribution in [-0.2, 0) is 6.54 Å². The van der Waals surface area contributed by atoms with E-state index in [0.717, 1.165) is 50.8 Å². The van der Waals surface area contributed by atoms with E-state index in [2.05, 4.69) is 39.4 Å². The van der Waals surface area contributed by atoms with Crippen molar-refractivity contribution >= 4 is 5.96 Å². The maximum Gasteiger partial charge on any atom is 0.191 e. The summed E-state index contributed by atoms with van der Waals surface area (Å²) in [4.78, 5) is 9.15. The lowest BCUT2D eigenvalue weighted by Crippen LogP contribution is -2.47. The molecule has 1 aromatic carbocycles. The van der Waals surface area contributed by atoms with Crippen molar-refractivity contribution in [3.05, 3.63) is 35.1 Å². The number of guanidine groups is 1. The van der Waals surface area contributed by atoms with Gasteiger partial charge in [-0.15, -0.1) is 0 Å². The maximum absolute atomic E-state index is 13.6. The minimum Gasteiger partial charge on any atom is -0.356 e. The highest BCUT2D eigenvalue weighted by molar-refractivity contribution is 5.79. The summed E-state index contributed by atoms with van der Waals surface area (Å²) in [6.07, 6.45) is 0. The summed E-state index contributed by atoms with van der Waals surface area (Å²) in [6, 6.07) is 5.32. The molecule has 1 atom stereocenters. The van der Waals surface area contributed by atoms with E-state index < -0.39 is 0 Å². The molecule has 0 saturated carbocycles. The standard InChI is InChI=1S/C19H32FN5/c1-15(14-25-9-7-24(4)8-10-25)12-22-19(21-3)23-13-17-6-5-16(2)18(20)11-17/h5-6,11,15H,7-10,12-14H2,1-4H3,(H2,21,22,23). The lowest BCUT2D eigenvalue weighted by Gasteiger charge is -2.34. The van der Waals surface area contributed by atoms with Crippen molar-refractivity contribution < 1.29 is 4.39 Å². The number of nitrogens with one attached hydrogen (secondary N) is 2. The molecule has 0 aliphatic carbocycles. The molecule has 1 heterocycles. The first kappa shape index (κ1) is 19.7. The molecule has 0 spiro atoms. The van der Waals surface area contributed by atoms with E-state index in [0.29, 0.717) is 18.0 Å². The fourth-order valence-corrected chi connectivity index (χ4v) is 2.96. The van der Waals surface area contributed by atoms with Gasteiger partial charge in [-0.1, -0.05) is 19.1 Å². The van der Waals surface area contributed by atoms with Crippen LogP contribution in [0.15, 0.2) is 23.2 Å². The second kappa shape index (κ2) is 9.73. The molecule has 140 valence electrons. The highest BCUT2D eigenvalue weighted by atomic mass is 19.1. The van der Waals surface area contributed by atoms with Gasteiger partial charge in [-0.25, -0.2) is 4.39 Å². The topological polar surface area (TPSA) is 42.9 Å². The van der Waals surface area contributed by atoms with Crippen LogP contribution in [0.4, 0.5) is 4.39 Å². The van der Waals surface area contributed by atoms with Crippen LogP contribution in [0.2, 0.25) is 0 Å². The summed E-state index contributed by atoms with van der Waals surface area (Å²) in [5.41, 5.74) is 1.58. The van der Waals surface area contributed by atoms with Crippen molar-refractivity contribution in [3.63, 3.8) is 0 Å². The molecule has 1 aliphatic heterocycles. The summed E-state index contributed by atoms with van der Waals surface area (Å²) in [5, 5.41) is 6.62. The number of hydrogen-bond donors (Lipinski definition) is 2. The minimum absolute atomic E-state index is 0.164. The van der Waals surface area contributed by atoms with Crippen molar-refractivity contribution in [2.24, 2.45) is 10.9 Å². The van der Waals surface area contributed by atoms with Gasteiger partial charge in [0.2, 0.25) is 0 Å². The van der Waals surface area contributed by atoms with Crippen LogP contribution in [-0.4, -0.2) is 69.1 Å². The number of piperazine rings is 1. The maximum atomic E-state index is 13.6. The molecule has 2 rings (SSSR count). The van der Waals surface area contributed by atoms with Gasteiger partial charge in [0, 0.05) is 52.9 Å². The average molecular weight is 349 g/mol. The van der Waals surface area contributed by atoms with Gasteiger partial charge in [0.05, 0.1) is 0 Å². The number of benzene rings is 1. The van der Waals surface area contributed by atoms with Crippen molar-refractivity contribution in [1.29, 1.82) is 0 Å². The third-order valence-electron chi connectivity index (χ3n) is 4.70. The molecule has 2 N–H and O–H groups in total. The quantitative estimate of drug-likeness (QED) is 0.606. The molecule has 5 nitrogen and oxygen atoms in total. The molecule has 1 saturated heterocycles. The number of nitrogens with zero attached hydrogens (tertiary/aromatic N) is 3. The van der Waals surface area contributed by atoms with E-state index in [4.69, 9.17) is 0 Å². The molecular formula is C19H32FN5. The Bertz CT molecular complexity index is 567. The van der Waals surface area contributed by atoms with E-state index in [-0.39, 0.29) is 5.82 Å². The number of aryl methyl sites for hydroxylation is 1. The second-order valence-corrected chi connectivity index (χ2v) is 7.10. The number of rotatable bonds is 6. The van der Waals surface area contributed by atoms with Gasteiger partial charge in [-0.05, 0) is 37.1 Å². The molecule has 1 aliphatic rings. The largest absolute Gasteiger partial charge is 0.356 e. The number of likely N-dealkylation sites (N-methyl/N-ethyl adjacent to an activating group) is 1. The van der Waals surface area contributed by atoms with E-state index >= 15 is 0 Å². The van der Waals surface area contributed by atoms with Gasteiger partial charge in [0.1, 0.15) is 5.82 Å². The van der Waals surface area contributed by atoms with Crippen molar-refractivity contribution in [1.82, 2.24) is 20.4 Å².